The van der Waals surface area contributed by atoms with Crippen molar-refractivity contribution in [2.24, 2.45) is 0 Å². The zero-order valence-corrected chi connectivity index (χ0v) is 15.8. The molecule has 7 nitrogen and oxygen atoms in total. The summed E-state index contributed by atoms with van der Waals surface area (Å²) in [5.41, 5.74) is 0.131. The van der Waals surface area contributed by atoms with Crippen molar-refractivity contribution in [2.75, 3.05) is 14.2 Å². The fourth-order valence-electron chi connectivity index (χ4n) is 3.06. The van der Waals surface area contributed by atoms with E-state index in [0.717, 1.165) is 25.0 Å². The van der Waals surface area contributed by atoms with E-state index in [-0.39, 0.29) is 0 Å². The molecule has 144 valence electrons. The second-order valence-corrected chi connectivity index (χ2v) is 7.24. The molecule has 0 bridgehead atoms. The number of hydrogen-bond acceptors (Lipinski definition) is 6. The van der Waals surface area contributed by atoms with E-state index in [1.165, 1.54) is 12.1 Å². The zero-order chi connectivity index (χ0) is 20.5. The highest BCUT2D eigenvalue weighted by molar-refractivity contribution is 7.86. The van der Waals surface area contributed by atoms with Crippen LogP contribution in [0.15, 0.2) is 59.5 Å². The molecule has 0 atom stereocenters. The molecule has 0 radical (unpaired) electrons. The second kappa shape index (κ2) is 7.41. The number of carbonyl (C=O) groups excluding carboxylic acids is 2. The molecule has 0 unspecified atom stereocenters. The predicted molar refractivity (Wildman–Crippen MR) is 102 cm³/mol. The van der Waals surface area contributed by atoms with Gasteiger partial charge in [-0.15, -0.1) is 0 Å². The van der Waals surface area contributed by atoms with Gasteiger partial charge in [0.25, 0.3) is 10.1 Å². The van der Waals surface area contributed by atoms with Gasteiger partial charge < -0.3 is 9.47 Å². The second-order valence-electron chi connectivity index (χ2n) is 5.89. The molecule has 0 aliphatic rings. The number of hydrogen-bond donors (Lipinski definition) is 1. The zero-order valence-electron chi connectivity index (χ0n) is 15.0. The fourth-order valence-corrected chi connectivity index (χ4v) is 3.90. The van der Waals surface area contributed by atoms with Gasteiger partial charge >= 0.3 is 11.9 Å². The first-order chi connectivity index (χ1) is 13.3. The summed E-state index contributed by atoms with van der Waals surface area (Å²) in [5.74, 6) is -2.03. The van der Waals surface area contributed by atoms with Crippen LogP contribution in [0.3, 0.4) is 0 Å². The normalized spacial score (nSPS) is 11.2. The smallest absolute Gasteiger partial charge is 0.339 e. The summed E-state index contributed by atoms with van der Waals surface area (Å²) in [5, 5.41) is 1.74. The van der Waals surface area contributed by atoms with Crippen molar-refractivity contribution in [1.29, 1.82) is 0 Å². The first-order valence-corrected chi connectivity index (χ1v) is 9.52. The first kappa shape index (κ1) is 19.5. The lowest BCUT2D eigenvalue weighted by Gasteiger charge is -2.14. The van der Waals surface area contributed by atoms with Gasteiger partial charge in [0.05, 0.1) is 25.3 Å². The van der Waals surface area contributed by atoms with Crippen LogP contribution in [0.1, 0.15) is 20.7 Å². The van der Waals surface area contributed by atoms with Crippen molar-refractivity contribution >= 4 is 32.8 Å². The van der Waals surface area contributed by atoms with Crippen molar-refractivity contribution in [1.82, 2.24) is 0 Å². The Morgan fingerprint density at radius 3 is 1.93 bits per heavy atom. The molecule has 0 aliphatic carbocycles. The molecule has 28 heavy (non-hydrogen) atoms. The summed E-state index contributed by atoms with van der Waals surface area (Å²) in [4.78, 5) is 23.6. The molecular weight excluding hydrogens is 384 g/mol. The van der Waals surface area contributed by atoms with Crippen LogP contribution >= 0.6 is 0 Å². The van der Waals surface area contributed by atoms with Gasteiger partial charge in [-0.05, 0) is 34.0 Å². The first-order valence-electron chi connectivity index (χ1n) is 8.08. The van der Waals surface area contributed by atoms with E-state index in [0.29, 0.717) is 11.1 Å². The maximum absolute atomic E-state index is 12.2. The molecule has 3 aromatic carbocycles. The Morgan fingerprint density at radius 1 is 0.857 bits per heavy atom. The molecule has 0 amide bonds. The summed E-state index contributed by atoms with van der Waals surface area (Å²) in [7, 11) is -2.78. The van der Waals surface area contributed by atoms with E-state index in [1.54, 1.807) is 12.1 Å². The third-order valence-electron chi connectivity index (χ3n) is 4.26. The molecule has 0 heterocycles. The largest absolute Gasteiger partial charge is 0.465 e. The van der Waals surface area contributed by atoms with Gasteiger partial charge in [0.1, 0.15) is 4.90 Å². The Bertz CT molecular complexity index is 1150. The van der Waals surface area contributed by atoms with Crippen LogP contribution in [-0.2, 0) is 19.6 Å². The van der Waals surface area contributed by atoms with Gasteiger partial charge in [0, 0.05) is 0 Å². The standard InChI is InChI=1S/C20H16O7S/c1-26-19(21)16-10-13(11-17(20(22)27-2)18(16)28(23,24)25)15-9-5-7-12-6-3-4-8-14(12)15/h3-11H,1-2H3,(H,23,24,25). The lowest BCUT2D eigenvalue weighted by Crippen LogP contribution is -2.17. The van der Waals surface area contributed by atoms with Crippen molar-refractivity contribution in [3.63, 3.8) is 0 Å². The molecule has 3 aromatic rings. The minimum Gasteiger partial charge on any atom is -0.465 e. The molecule has 0 saturated heterocycles. The van der Waals surface area contributed by atoms with Crippen LogP contribution in [0.5, 0.6) is 0 Å². The molecule has 0 saturated carbocycles. The van der Waals surface area contributed by atoms with E-state index in [1.807, 2.05) is 30.3 Å². The SMILES string of the molecule is COC(=O)c1cc(-c2cccc3ccccc23)cc(C(=O)OC)c1S(=O)(=O)O. The summed E-state index contributed by atoms with van der Waals surface area (Å²) in [6.07, 6.45) is 0. The summed E-state index contributed by atoms with van der Waals surface area (Å²) >= 11 is 0. The van der Waals surface area contributed by atoms with E-state index in [2.05, 4.69) is 9.47 Å². The van der Waals surface area contributed by atoms with Gasteiger partial charge in [-0.3, -0.25) is 4.55 Å². The topological polar surface area (TPSA) is 107 Å². The number of benzene rings is 3. The maximum Gasteiger partial charge on any atom is 0.339 e. The minimum atomic E-state index is -4.92. The average molecular weight is 400 g/mol. The highest BCUT2D eigenvalue weighted by Gasteiger charge is 2.30. The van der Waals surface area contributed by atoms with Crippen LogP contribution in [0, 0.1) is 0 Å². The Balaban J connectivity index is 2.44. The van der Waals surface area contributed by atoms with E-state index >= 15 is 0 Å². The monoisotopic (exact) mass is 400 g/mol. The van der Waals surface area contributed by atoms with E-state index in [4.69, 9.17) is 0 Å². The Morgan fingerprint density at radius 2 is 1.39 bits per heavy atom. The van der Waals surface area contributed by atoms with Crippen molar-refractivity contribution in [3.8, 4) is 11.1 Å². The van der Waals surface area contributed by atoms with Crippen LogP contribution in [-0.4, -0.2) is 39.1 Å². The van der Waals surface area contributed by atoms with Crippen molar-refractivity contribution in [2.45, 2.75) is 4.90 Å². The number of rotatable bonds is 4. The maximum atomic E-state index is 12.2. The summed E-state index contributed by atoms with van der Waals surface area (Å²) in [6.45, 7) is 0. The predicted octanol–water partition coefficient (Wildman–Crippen LogP) is 3.33. The molecule has 0 aromatic heterocycles. The number of methoxy groups -OCH3 is 2. The van der Waals surface area contributed by atoms with Crippen LogP contribution in [0.2, 0.25) is 0 Å². The number of esters is 2. The Labute approximate surface area is 161 Å². The highest BCUT2D eigenvalue weighted by atomic mass is 32.2. The van der Waals surface area contributed by atoms with Crippen molar-refractivity contribution in [3.05, 3.63) is 65.7 Å². The van der Waals surface area contributed by atoms with E-state index in [9.17, 15) is 22.6 Å². The summed E-state index contributed by atoms with van der Waals surface area (Å²) in [6, 6.07) is 15.5. The molecular formula is C20H16O7S. The van der Waals surface area contributed by atoms with Gasteiger partial charge in [-0.25, -0.2) is 9.59 Å². The average Bonchev–Trinajstić information content (AvgIpc) is 2.70. The van der Waals surface area contributed by atoms with Gasteiger partial charge in [0.2, 0.25) is 0 Å². The van der Waals surface area contributed by atoms with Gasteiger partial charge in [-0.2, -0.15) is 8.42 Å². The summed E-state index contributed by atoms with van der Waals surface area (Å²) < 4.78 is 42.8. The minimum absolute atomic E-state index is 0.394. The van der Waals surface area contributed by atoms with Crippen LogP contribution < -0.4 is 0 Å². The lowest BCUT2D eigenvalue weighted by atomic mass is 9.95. The number of ether oxygens (including phenoxy) is 2. The van der Waals surface area contributed by atoms with Crippen LogP contribution in [0.25, 0.3) is 21.9 Å². The van der Waals surface area contributed by atoms with Gasteiger partial charge in [0.15, 0.2) is 0 Å². The number of fused-ring (bicyclic) bond motifs is 1. The molecule has 8 heteroatoms. The lowest BCUT2D eigenvalue weighted by molar-refractivity contribution is 0.0589. The Kier molecular flexibility index (Phi) is 5.17. The van der Waals surface area contributed by atoms with Crippen LogP contribution in [0.4, 0.5) is 0 Å². The third-order valence-corrected chi connectivity index (χ3v) is 5.21. The highest BCUT2D eigenvalue weighted by Crippen LogP contribution is 2.33. The molecule has 0 spiro atoms. The molecule has 0 aliphatic heterocycles. The molecule has 0 fully saturated rings. The van der Waals surface area contributed by atoms with E-state index < -0.39 is 38.1 Å². The van der Waals surface area contributed by atoms with Gasteiger partial charge in [-0.1, -0.05) is 42.5 Å². The quantitative estimate of drug-likeness (QED) is 0.529. The Hall–Kier alpha value is -3.23. The fraction of sp³-hybridized carbons (Fsp3) is 0.100. The molecule has 3 rings (SSSR count). The molecule has 1 N–H and O–H groups in total. The number of carbonyl (C=O) groups is 2. The van der Waals surface area contributed by atoms with Crippen molar-refractivity contribution < 1.29 is 32.0 Å². The third kappa shape index (κ3) is 3.47.